The number of amides is 1. The molecule has 0 aliphatic rings. The highest BCUT2D eigenvalue weighted by atomic mass is 35.5. The van der Waals surface area contributed by atoms with Crippen LogP contribution in [0.25, 0.3) is 0 Å². The van der Waals surface area contributed by atoms with E-state index in [-0.39, 0.29) is 4.90 Å². The number of sulfonamides is 1. The van der Waals surface area contributed by atoms with Crippen LogP contribution in [0, 0.1) is 5.82 Å². The lowest BCUT2D eigenvalue weighted by atomic mass is 10.2. The number of nitrogens with one attached hydrogen (secondary N) is 1. The average molecular weight is 418 g/mol. The normalized spacial score (nSPS) is 11.9. The first-order chi connectivity index (χ1) is 12.2. The van der Waals surface area contributed by atoms with Crippen LogP contribution in [0.15, 0.2) is 52.5 Å². The molecule has 2 rings (SSSR count). The second kappa shape index (κ2) is 8.59. The molecule has 10 heteroatoms. The van der Waals surface area contributed by atoms with Gasteiger partial charge in [0.05, 0.1) is 27.7 Å². The number of halogens is 3. The number of rotatable bonds is 6. The third kappa shape index (κ3) is 5.25. The van der Waals surface area contributed by atoms with Gasteiger partial charge in [-0.15, -0.1) is 0 Å². The van der Waals surface area contributed by atoms with Crippen molar-refractivity contribution < 1.29 is 17.6 Å². The summed E-state index contributed by atoms with van der Waals surface area (Å²) in [5, 5.41) is 4.46. The van der Waals surface area contributed by atoms with Gasteiger partial charge < -0.3 is 0 Å². The minimum absolute atomic E-state index is 0.117. The van der Waals surface area contributed by atoms with E-state index in [0.29, 0.717) is 15.6 Å². The van der Waals surface area contributed by atoms with Crippen molar-refractivity contribution in [2.24, 2.45) is 5.10 Å². The fourth-order valence-corrected chi connectivity index (χ4v) is 3.31. The minimum Gasteiger partial charge on any atom is -0.272 e. The summed E-state index contributed by atoms with van der Waals surface area (Å²) in [6.45, 7) is -0.460. The lowest BCUT2D eigenvalue weighted by Crippen LogP contribution is -2.36. The molecule has 0 spiro atoms. The summed E-state index contributed by atoms with van der Waals surface area (Å²) in [5.74, 6) is -1.20. The van der Waals surface area contributed by atoms with Gasteiger partial charge in [-0.25, -0.2) is 18.2 Å². The van der Waals surface area contributed by atoms with Gasteiger partial charge in [0, 0.05) is 7.05 Å². The van der Waals surface area contributed by atoms with Crippen LogP contribution in [0.3, 0.4) is 0 Å². The monoisotopic (exact) mass is 417 g/mol. The lowest BCUT2D eigenvalue weighted by molar-refractivity contribution is -0.121. The number of hydrazone groups is 1. The van der Waals surface area contributed by atoms with Gasteiger partial charge in [0.15, 0.2) is 0 Å². The van der Waals surface area contributed by atoms with Gasteiger partial charge in [-0.05, 0) is 42.0 Å². The van der Waals surface area contributed by atoms with Gasteiger partial charge in [0.1, 0.15) is 5.82 Å². The predicted octanol–water partition coefficient (Wildman–Crippen LogP) is 2.90. The summed E-state index contributed by atoms with van der Waals surface area (Å²) in [7, 11) is -2.68. The van der Waals surface area contributed by atoms with Crippen molar-refractivity contribution in [1.82, 2.24) is 9.73 Å². The van der Waals surface area contributed by atoms with Gasteiger partial charge in [-0.3, -0.25) is 4.79 Å². The molecule has 1 N–H and O–H groups in total. The topological polar surface area (TPSA) is 78.8 Å². The van der Waals surface area contributed by atoms with E-state index in [1.807, 2.05) is 0 Å². The quantitative estimate of drug-likeness (QED) is 0.579. The van der Waals surface area contributed by atoms with Gasteiger partial charge in [0.25, 0.3) is 5.91 Å². The zero-order valence-electron chi connectivity index (χ0n) is 13.5. The van der Waals surface area contributed by atoms with Gasteiger partial charge in [-0.2, -0.15) is 9.41 Å². The Morgan fingerprint density at radius 3 is 2.46 bits per heavy atom. The van der Waals surface area contributed by atoms with Crippen molar-refractivity contribution in [3.8, 4) is 0 Å². The van der Waals surface area contributed by atoms with Crippen LogP contribution in [0.4, 0.5) is 4.39 Å². The van der Waals surface area contributed by atoms with E-state index in [4.69, 9.17) is 23.2 Å². The van der Waals surface area contributed by atoms with Crippen molar-refractivity contribution in [3.63, 3.8) is 0 Å². The van der Waals surface area contributed by atoms with Crippen LogP contribution in [0.2, 0.25) is 10.0 Å². The van der Waals surface area contributed by atoms with E-state index < -0.39 is 28.3 Å². The summed E-state index contributed by atoms with van der Waals surface area (Å²) in [6.07, 6.45) is 1.34. The summed E-state index contributed by atoms with van der Waals surface area (Å²) in [6, 6.07) is 9.10. The third-order valence-corrected chi connectivity index (χ3v) is 5.79. The van der Waals surface area contributed by atoms with Gasteiger partial charge in [0.2, 0.25) is 10.0 Å². The van der Waals surface area contributed by atoms with Crippen LogP contribution in [0.1, 0.15) is 5.56 Å². The molecule has 0 saturated carbocycles. The fraction of sp³-hybridized carbons (Fsp3) is 0.125. The van der Waals surface area contributed by atoms with E-state index in [2.05, 4.69) is 10.5 Å². The number of carbonyl (C=O) groups is 1. The van der Waals surface area contributed by atoms with E-state index >= 15 is 0 Å². The Balaban J connectivity index is 1.97. The highest BCUT2D eigenvalue weighted by Crippen LogP contribution is 2.21. The number of likely N-dealkylation sites (N-methyl/N-ethyl adjacent to an activating group) is 1. The molecule has 1 amide bonds. The molecule has 26 heavy (non-hydrogen) atoms. The predicted molar refractivity (Wildman–Crippen MR) is 98.4 cm³/mol. The average Bonchev–Trinajstić information content (AvgIpc) is 2.58. The Morgan fingerprint density at radius 1 is 1.19 bits per heavy atom. The Bertz CT molecular complexity index is 934. The Hall–Kier alpha value is -2.00. The summed E-state index contributed by atoms with van der Waals surface area (Å²) >= 11 is 11.7. The molecular weight excluding hydrogens is 404 g/mol. The molecule has 0 atom stereocenters. The molecule has 0 saturated heterocycles. The molecular formula is C16H14Cl2FN3O3S. The summed E-state index contributed by atoms with van der Waals surface area (Å²) < 4.78 is 38.3. The van der Waals surface area contributed by atoms with Crippen molar-refractivity contribution in [2.75, 3.05) is 13.6 Å². The second-order valence-electron chi connectivity index (χ2n) is 5.18. The van der Waals surface area contributed by atoms with Crippen LogP contribution in [-0.4, -0.2) is 38.4 Å². The Morgan fingerprint density at radius 2 is 1.85 bits per heavy atom. The minimum atomic E-state index is -3.92. The third-order valence-electron chi connectivity index (χ3n) is 3.23. The number of nitrogens with zero attached hydrogens (tertiary/aromatic N) is 2. The molecule has 0 fully saturated rings. The number of hydrogen-bond acceptors (Lipinski definition) is 4. The van der Waals surface area contributed by atoms with E-state index in [1.54, 1.807) is 18.2 Å². The first kappa shape index (κ1) is 20.3. The smallest absolute Gasteiger partial charge is 0.255 e. The summed E-state index contributed by atoms with van der Waals surface area (Å²) in [4.78, 5) is 11.7. The standard InChI is InChI=1S/C16H14Cl2FN3O3S/c1-22(26(24,25)13-5-3-12(19)4-6-13)10-16(23)21-20-9-11-2-7-14(17)15(18)8-11/h2-9H,10H2,1H3,(H,21,23)/b20-9-. The Labute approximate surface area is 160 Å². The molecule has 2 aromatic carbocycles. The molecule has 6 nitrogen and oxygen atoms in total. The SMILES string of the molecule is CN(CC(=O)N/N=C\c1ccc(Cl)c(Cl)c1)S(=O)(=O)c1ccc(F)cc1. The Kier molecular flexibility index (Phi) is 6.71. The van der Waals surface area contributed by atoms with E-state index in [0.717, 1.165) is 28.6 Å². The maximum absolute atomic E-state index is 12.9. The maximum atomic E-state index is 12.9. The molecule has 0 aliphatic heterocycles. The van der Waals surface area contributed by atoms with E-state index in [9.17, 15) is 17.6 Å². The van der Waals surface area contributed by atoms with Crippen LogP contribution < -0.4 is 5.43 Å². The maximum Gasteiger partial charge on any atom is 0.255 e. The fourth-order valence-electron chi connectivity index (χ4n) is 1.88. The molecule has 0 bridgehead atoms. The lowest BCUT2D eigenvalue weighted by Gasteiger charge is -2.16. The molecule has 2 aromatic rings. The molecule has 0 unspecified atom stereocenters. The van der Waals surface area contributed by atoms with Crippen molar-refractivity contribution in [1.29, 1.82) is 0 Å². The van der Waals surface area contributed by atoms with Crippen LogP contribution in [0.5, 0.6) is 0 Å². The number of carbonyl (C=O) groups excluding carboxylic acids is 1. The van der Waals surface area contributed by atoms with Gasteiger partial charge >= 0.3 is 0 Å². The highest BCUT2D eigenvalue weighted by molar-refractivity contribution is 7.89. The molecule has 0 aromatic heterocycles. The zero-order chi connectivity index (χ0) is 19.3. The number of hydrogen-bond donors (Lipinski definition) is 1. The number of benzene rings is 2. The summed E-state index contributed by atoms with van der Waals surface area (Å²) in [5.41, 5.74) is 2.82. The second-order valence-corrected chi connectivity index (χ2v) is 8.04. The molecule has 0 radical (unpaired) electrons. The zero-order valence-corrected chi connectivity index (χ0v) is 15.8. The van der Waals surface area contributed by atoms with Crippen LogP contribution >= 0.6 is 23.2 Å². The molecule has 138 valence electrons. The van der Waals surface area contributed by atoms with Gasteiger partial charge in [-0.1, -0.05) is 29.3 Å². The largest absolute Gasteiger partial charge is 0.272 e. The molecule has 0 aliphatic carbocycles. The first-order valence-corrected chi connectivity index (χ1v) is 9.38. The van der Waals surface area contributed by atoms with Crippen molar-refractivity contribution >= 4 is 45.3 Å². The van der Waals surface area contributed by atoms with Crippen molar-refractivity contribution in [2.45, 2.75) is 4.90 Å². The van der Waals surface area contributed by atoms with E-state index in [1.165, 1.54) is 13.3 Å². The van der Waals surface area contributed by atoms with Crippen LogP contribution in [-0.2, 0) is 14.8 Å². The first-order valence-electron chi connectivity index (χ1n) is 7.19. The van der Waals surface area contributed by atoms with Crippen molar-refractivity contribution in [3.05, 3.63) is 63.9 Å². The molecule has 0 heterocycles. The highest BCUT2D eigenvalue weighted by Gasteiger charge is 2.22.